The minimum Gasteiger partial charge on any atom is -0.315 e. The van der Waals surface area contributed by atoms with E-state index in [2.05, 4.69) is 43.1 Å². The molecule has 0 amide bonds. The molecule has 4 nitrogen and oxygen atoms in total. The lowest BCUT2D eigenvalue weighted by Gasteiger charge is -2.13. The van der Waals surface area contributed by atoms with Crippen molar-refractivity contribution in [2.24, 2.45) is 7.05 Å². The van der Waals surface area contributed by atoms with Crippen molar-refractivity contribution in [1.82, 2.24) is 20.0 Å². The van der Waals surface area contributed by atoms with Gasteiger partial charge in [-0.1, -0.05) is 6.92 Å². The highest BCUT2D eigenvalue weighted by atomic mass is 15.3. The summed E-state index contributed by atoms with van der Waals surface area (Å²) in [5.41, 5.74) is 3.91. The molecule has 1 rings (SSSR count). The van der Waals surface area contributed by atoms with Crippen LogP contribution in [-0.4, -0.2) is 47.9 Å². The molecule has 0 unspecified atom stereocenters. The molecular weight excluding hydrogens is 224 g/mol. The summed E-state index contributed by atoms with van der Waals surface area (Å²) < 4.78 is 1.98. The Labute approximate surface area is 111 Å². The summed E-state index contributed by atoms with van der Waals surface area (Å²) in [6.07, 6.45) is 2.31. The minimum absolute atomic E-state index is 1.08. The molecule has 104 valence electrons. The third-order valence-corrected chi connectivity index (χ3v) is 3.65. The van der Waals surface area contributed by atoms with Crippen molar-refractivity contribution in [2.75, 3.05) is 33.2 Å². The quantitative estimate of drug-likeness (QED) is 0.712. The molecule has 0 bridgehead atoms. The Morgan fingerprint density at radius 3 is 2.56 bits per heavy atom. The van der Waals surface area contributed by atoms with Crippen molar-refractivity contribution < 1.29 is 0 Å². The number of aromatic nitrogens is 2. The Hall–Kier alpha value is -0.870. The number of nitrogens with zero attached hydrogens (tertiary/aromatic N) is 3. The van der Waals surface area contributed by atoms with Gasteiger partial charge >= 0.3 is 0 Å². The third-order valence-electron chi connectivity index (χ3n) is 3.65. The SMILES string of the molecule is CCN(C)CCNCCCc1c(C)nn(C)c1C. The number of hydrogen-bond acceptors (Lipinski definition) is 3. The van der Waals surface area contributed by atoms with E-state index in [1.165, 1.54) is 23.4 Å². The van der Waals surface area contributed by atoms with E-state index in [0.29, 0.717) is 0 Å². The zero-order valence-corrected chi connectivity index (χ0v) is 12.6. The molecule has 1 N–H and O–H groups in total. The maximum atomic E-state index is 4.45. The van der Waals surface area contributed by atoms with Crippen molar-refractivity contribution >= 4 is 0 Å². The Morgan fingerprint density at radius 2 is 2.00 bits per heavy atom. The lowest BCUT2D eigenvalue weighted by molar-refractivity contribution is 0.349. The summed E-state index contributed by atoms with van der Waals surface area (Å²) in [5.74, 6) is 0. The Bertz CT molecular complexity index is 357. The molecule has 0 fully saturated rings. The van der Waals surface area contributed by atoms with Crippen LogP contribution in [-0.2, 0) is 13.5 Å². The lowest BCUT2D eigenvalue weighted by atomic mass is 10.1. The Balaban J connectivity index is 2.18. The minimum atomic E-state index is 1.08. The van der Waals surface area contributed by atoms with Crippen molar-refractivity contribution in [3.05, 3.63) is 17.0 Å². The number of aryl methyl sites for hydroxylation is 2. The smallest absolute Gasteiger partial charge is 0.0628 e. The number of nitrogens with one attached hydrogen (secondary N) is 1. The highest BCUT2D eigenvalue weighted by Crippen LogP contribution is 2.13. The first-order chi connectivity index (χ1) is 8.56. The van der Waals surface area contributed by atoms with Crippen molar-refractivity contribution in [3.8, 4) is 0 Å². The van der Waals surface area contributed by atoms with Gasteiger partial charge in [-0.05, 0) is 52.4 Å². The van der Waals surface area contributed by atoms with Gasteiger partial charge in [0.05, 0.1) is 5.69 Å². The van der Waals surface area contributed by atoms with Gasteiger partial charge in [-0.15, -0.1) is 0 Å². The first kappa shape index (κ1) is 15.2. The standard InChI is InChI=1S/C14H28N4/c1-6-17(4)11-10-15-9-7-8-14-12(2)16-18(5)13(14)3/h15H,6-11H2,1-5H3. The molecule has 0 aliphatic heterocycles. The van der Waals surface area contributed by atoms with Crippen molar-refractivity contribution in [1.29, 1.82) is 0 Å². The van der Waals surface area contributed by atoms with Crippen LogP contribution < -0.4 is 5.32 Å². The first-order valence-corrected chi connectivity index (χ1v) is 6.94. The van der Waals surface area contributed by atoms with Crippen LogP contribution in [0.15, 0.2) is 0 Å². The molecule has 1 aromatic rings. The van der Waals surface area contributed by atoms with Gasteiger partial charge < -0.3 is 10.2 Å². The molecule has 0 saturated carbocycles. The highest BCUT2D eigenvalue weighted by Gasteiger charge is 2.08. The summed E-state index contributed by atoms with van der Waals surface area (Å²) in [6, 6.07) is 0. The summed E-state index contributed by atoms with van der Waals surface area (Å²) >= 11 is 0. The summed E-state index contributed by atoms with van der Waals surface area (Å²) in [6.45, 7) is 10.9. The molecular formula is C14H28N4. The maximum absolute atomic E-state index is 4.45. The molecule has 0 aromatic carbocycles. The van der Waals surface area contributed by atoms with E-state index in [9.17, 15) is 0 Å². The van der Waals surface area contributed by atoms with Gasteiger partial charge in [-0.2, -0.15) is 5.10 Å². The Kier molecular flexibility index (Phi) is 6.36. The van der Waals surface area contributed by atoms with E-state index in [1.807, 2.05) is 11.7 Å². The molecule has 18 heavy (non-hydrogen) atoms. The number of rotatable bonds is 8. The molecule has 1 aromatic heterocycles. The van der Waals surface area contributed by atoms with Crippen LogP contribution in [0, 0.1) is 13.8 Å². The molecule has 0 saturated heterocycles. The lowest BCUT2D eigenvalue weighted by Crippen LogP contribution is -2.29. The van der Waals surface area contributed by atoms with Crippen LogP contribution in [0.2, 0.25) is 0 Å². The summed E-state index contributed by atoms with van der Waals surface area (Å²) in [4.78, 5) is 2.32. The highest BCUT2D eigenvalue weighted by molar-refractivity contribution is 5.24. The van der Waals surface area contributed by atoms with Crippen LogP contribution in [0.25, 0.3) is 0 Å². The Morgan fingerprint density at radius 1 is 1.28 bits per heavy atom. The molecule has 0 radical (unpaired) electrons. The van der Waals surface area contributed by atoms with E-state index in [4.69, 9.17) is 0 Å². The predicted octanol–water partition coefficient (Wildman–Crippen LogP) is 1.51. The summed E-state index contributed by atoms with van der Waals surface area (Å²) in [7, 11) is 4.18. The fourth-order valence-electron chi connectivity index (χ4n) is 2.12. The van der Waals surface area contributed by atoms with E-state index in [1.54, 1.807) is 0 Å². The normalized spacial score (nSPS) is 11.4. The van der Waals surface area contributed by atoms with Crippen molar-refractivity contribution in [3.63, 3.8) is 0 Å². The largest absolute Gasteiger partial charge is 0.315 e. The average molecular weight is 252 g/mol. The molecule has 0 spiro atoms. The van der Waals surface area contributed by atoms with Crippen LogP contribution in [0.4, 0.5) is 0 Å². The van der Waals surface area contributed by atoms with E-state index in [-0.39, 0.29) is 0 Å². The van der Waals surface area contributed by atoms with Crippen LogP contribution in [0.3, 0.4) is 0 Å². The summed E-state index contributed by atoms with van der Waals surface area (Å²) in [5, 5.41) is 7.95. The van der Waals surface area contributed by atoms with Gasteiger partial charge in [-0.25, -0.2) is 0 Å². The zero-order valence-electron chi connectivity index (χ0n) is 12.6. The van der Waals surface area contributed by atoms with Gasteiger partial charge in [0, 0.05) is 25.8 Å². The van der Waals surface area contributed by atoms with E-state index < -0.39 is 0 Å². The van der Waals surface area contributed by atoms with Crippen LogP contribution in [0.1, 0.15) is 30.3 Å². The zero-order chi connectivity index (χ0) is 13.5. The molecule has 1 heterocycles. The van der Waals surface area contributed by atoms with Gasteiger partial charge in [0.1, 0.15) is 0 Å². The fourth-order valence-corrected chi connectivity index (χ4v) is 2.12. The molecule has 0 aliphatic carbocycles. The second kappa shape index (κ2) is 7.54. The van der Waals surface area contributed by atoms with Gasteiger partial charge in [0.25, 0.3) is 0 Å². The molecule has 4 heteroatoms. The van der Waals surface area contributed by atoms with E-state index >= 15 is 0 Å². The monoisotopic (exact) mass is 252 g/mol. The van der Waals surface area contributed by atoms with Gasteiger partial charge in [0.15, 0.2) is 0 Å². The second-order valence-corrected chi connectivity index (χ2v) is 5.02. The van der Waals surface area contributed by atoms with E-state index in [0.717, 1.165) is 32.6 Å². The van der Waals surface area contributed by atoms with Crippen LogP contribution >= 0.6 is 0 Å². The first-order valence-electron chi connectivity index (χ1n) is 6.94. The van der Waals surface area contributed by atoms with Crippen LogP contribution in [0.5, 0.6) is 0 Å². The topological polar surface area (TPSA) is 33.1 Å². The maximum Gasteiger partial charge on any atom is 0.0628 e. The predicted molar refractivity (Wildman–Crippen MR) is 77.0 cm³/mol. The number of likely N-dealkylation sites (N-methyl/N-ethyl adjacent to an activating group) is 1. The van der Waals surface area contributed by atoms with Crippen molar-refractivity contribution in [2.45, 2.75) is 33.6 Å². The molecule has 0 atom stereocenters. The van der Waals surface area contributed by atoms with Gasteiger partial charge in [-0.3, -0.25) is 4.68 Å². The second-order valence-electron chi connectivity index (χ2n) is 5.02. The van der Waals surface area contributed by atoms with Gasteiger partial charge in [0.2, 0.25) is 0 Å². The fraction of sp³-hybridized carbons (Fsp3) is 0.786. The molecule has 0 aliphatic rings. The number of hydrogen-bond donors (Lipinski definition) is 1. The average Bonchev–Trinajstić information content (AvgIpc) is 2.59. The third kappa shape index (κ3) is 4.42.